The topological polar surface area (TPSA) is 35.5 Å². The zero-order chi connectivity index (χ0) is 11.2. The maximum absolute atomic E-state index is 12.4. The fourth-order valence-corrected chi connectivity index (χ4v) is 3.98. The molecule has 1 aliphatic heterocycles. The van der Waals surface area contributed by atoms with Crippen LogP contribution in [0.2, 0.25) is 0 Å². The van der Waals surface area contributed by atoms with Crippen LogP contribution < -0.4 is 0 Å². The highest BCUT2D eigenvalue weighted by molar-refractivity contribution is 5.86. The maximum atomic E-state index is 12.4. The summed E-state index contributed by atoms with van der Waals surface area (Å²) in [6.07, 6.45) is 6.11. The van der Waals surface area contributed by atoms with Crippen LogP contribution in [0.1, 0.15) is 45.4 Å². The van der Waals surface area contributed by atoms with Crippen molar-refractivity contribution in [1.29, 1.82) is 0 Å². The Balaban J connectivity index is 2.01. The predicted molar refractivity (Wildman–Crippen MR) is 58.9 cm³/mol. The number of hydrogen-bond acceptors (Lipinski definition) is 3. The minimum absolute atomic E-state index is 0.366. The average molecular weight is 224 g/mol. The third-order valence-corrected chi connectivity index (χ3v) is 4.96. The van der Waals surface area contributed by atoms with E-state index in [0.717, 1.165) is 32.1 Å². The molecule has 0 amide bonds. The summed E-state index contributed by atoms with van der Waals surface area (Å²) in [5.41, 5.74) is -0.375. The summed E-state index contributed by atoms with van der Waals surface area (Å²) < 4.78 is 11.8. The Morgan fingerprint density at radius 1 is 1.19 bits per heavy atom. The molecule has 2 atom stereocenters. The van der Waals surface area contributed by atoms with Gasteiger partial charge in [-0.05, 0) is 38.5 Å². The molecule has 3 fully saturated rings. The number of Topliss-reactive ketones (excluding diaryl/α,β-unsaturated/α-hetero) is 1. The zero-order valence-corrected chi connectivity index (χ0v) is 9.96. The van der Waals surface area contributed by atoms with Gasteiger partial charge in [0.15, 0.2) is 5.79 Å². The number of carbonyl (C=O) groups excluding carboxylic acids is 1. The van der Waals surface area contributed by atoms with Gasteiger partial charge in [-0.1, -0.05) is 0 Å². The molecule has 0 aromatic rings. The molecule has 3 rings (SSSR count). The van der Waals surface area contributed by atoms with E-state index in [2.05, 4.69) is 6.92 Å². The van der Waals surface area contributed by atoms with Crippen molar-refractivity contribution in [3.63, 3.8) is 0 Å². The number of fused-ring (bicyclic) bond motifs is 2. The first kappa shape index (κ1) is 10.7. The fourth-order valence-electron chi connectivity index (χ4n) is 3.98. The van der Waals surface area contributed by atoms with E-state index in [0.29, 0.717) is 31.3 Å². The van der Waals surface area contributed by atoms with Crippen molar-refractivity contribution in [2.24, 2.45) is 11.3 Å². The van der Waals surface area contributed by atoms with Gasteiger partial charge in [0.2, 0.25) is 0 Å². The van der Waals surface area contributed by atoms with Crippen molar-refractivity contribution >= 4 is 5.78 Å². The molecule has 2 saturated carbocycles. The van der Waals surface area contributed by atoms with Crippen molar-refractivity contribution in [3.05, 3.63) is 0 Å². The number of hydrogen-bond donors (Lipinski definition) is 0. The van der Waals surface area contributed by atoms with Crippen LogP contribution in [0.3, 0.4) is 0 Å². The largest absolute Gasteiger partial charge is 0.346 e. The average Bonchev–Trinajstić information content (AvgIpc) is 2.73. The molecule has 2 aliphatic carbocycles. The van der Waals surface area contributed by atoms with Crippen LogP contribution in [-0.2, 0) is 14.3 Å². The highest BCUT2D eigenvalue weighted by atomic mass is 16.7. The molecule has 0 bridgehead atoms. The molecular formula is C13H20O3. The Kier molecular flexibility index (Phi) is 2.37. The van der Waals surface area contributed by atoms with E-state index in [1.54, 1.807) is 0 Å². The third-order valence-electron chi connectivity index (χ3n) is 4.96. The van der Waals surface area contributed by atoms with Crippen LogP contribution in [0, 0.1) is 11.3 Å². The lowest BCUT2D eigenvalue weighted by Crippen LogP contribution is -2.60. The predicted octanol–water partition coefficient (Wildman–Crippen LogP) is 2.29. The normalized spacial score (nSPS) is 42.3. The number of ketones is 1. The van der Waals surface area contributed by atoms with Gasteiger partial charge in [-0.25, -0.2) is 0 Å². The standard InChI is InChI=1S/C13H20O3/c1-12-10(4-2-6-11(12)14)5-3-7-13(12)15-8-9-16-13/h10H,2-9H2,1H3/t10-,12+/m1/s1. The van der Waals surface area contributed by atoms with Gasteiger partial charge in [0.1, 0.15) is 5.78 Å². The molecule has 1 spiro atoms. The van der Waals surface area contributed by atoms with E-state index >= 15 is 0 Å². The molecular weight excluding hydrogens is 204 g/mol. The van der Waals surface area contributed by atoms with Crippen molar-refractivity contribution in [3.8, 4) is 0 Å². The van der Waals surface area contributed by atoms with Gasteiger partial charge < -0.3 is 9.47 Å². The Morgan fingerprint density at radius 2 is 1.88 bits per heavy atom. The lowest BCUT2D eigenvalue weighted by molar-refractivity contribution is -0.262. The van der Waals surface area contributed by atoms with E-state index < -0.39 is 5.79 Å². The van der Waals surface area contributed by atoms with Crippen LogP contribution in [0.15, 0.2) is 0 Å². The summed E-state index contributed by atoms with van der Waals surface area (Å²) in [6, 6.07) is 0. The summed E-state index contributed by atoms with van der Waals surface area (Å²) in [6.45, 7) is 3.38. The van der Waals surface area contributed by atoms with Gasteiger partial charge >= 0.3 is 0 Å². The molecule has 1 saturated heterocycles. The van der Waals surface area contributed by atoms with E-state index in [1.165, 1.54) is 0 Å². The first-order valence-electron chi connectivity index (χ1n) is 6.50. The van der Waals surface area contributed by atoms with Gasteiger partial charge in [0.25, 0.3) is 0 Å². The van der Waals surface area contributed by atoms with Crippen molar-refractivity contribution in [1.82, 2.24) is 0 Å². The smallest absolute Gasteiger partial charge is 0.180 e. The first-order valence-corrected chi connectivity index (χ1v) is 6.50. The molecule has 1 heterocycles. The van der Waals surface area contributed by atoms with Crippen LogP contribution in [0.4, 0.5) is 0 Å². The molecule has 3 aliphatic rings. The molecule has 16 heavy (non-hydrogen) atoms. The van der Waals surface area contributed by atoms with Crippen molar-refractivity contribution in [2.45, 2.75) is 51.2 Å². The maximum Gasteiger partial charge on any atom is 0.180 e. The Bertz CT molecular complexity index is 304. The second kappa shape index (κ2) is 3.54. The Morgan fingerprint density at radius 3 is 2.62 bits per heavy atom. The minimum Gasteiger partial charge on any atom is -0.346 e. The second-order valence-electron chi connectivity index (χ2n) is 5.56. The molecule has 0 aromatic carbocycles. The van der Waals surface area contributed by atoms with Gasteiger partial charge in [0, 0.05) is 12.8 Å². The highest BCUT2D eigenvalue weighted by Crippen LogP contribution is 2.56. The van der Waals surface area contributed by atoms with Gasteiger partial charge in [-0.15, -0.1) is 0 Å². The molecule has 0 aromatic heterocycles. The second-order valence-corrected chi connectivity index (χ2v) is 5.56. The van der Waals surface area contributed by atoms with Gasteiger partial charge in [0.05, 0.1) is 18.6 Å². The summed E-state index contributed by atoms with van der Waals surface area (Å²) in [7, 11) is 0. The summed E-state index contributed by atoms with van der Waals surface area (Å²) in [5, 5.41) is 0. The minimum atomic E-state index is -0.576. The number of ether oxygens (including phenoxy) is 2. The SMILES string of the molecule is C[C@@]12C(=O)CCC[C@@H]1CCCC21OCCO1. The molecule has 3 heteroatoms. The van der Waals surface area contributed by atoms with E-state index in [4.69, 9.17) is 9.47 Å². The van der Waals surface area contributed by atoms with Crippen LogP contribution in [0.5, 0.6) is 0 Å². The highest BCUT2D eigenvalue weighted by Gasteiger charge is 2.62. The van der Waals surface area contributed by atoms with Gasteiger partial charge in [-0.2, -0.15) is 0 Å². The Labute approximate surface area is 96.5 Å². The summed E-state index contributed by atoms with van der Waals surface area (Å²) >= 11 is 0. The lowest BCUT2D eigenvalue weighted by Gasteiger charge is -2.53. The van der Waals surface area contributed by atoms with Crippen molar-refractivity contribution in [2.75, 3.05) is 13.2 Å². The molecule has 90 valence electrons. The molecule has 0 radical (unpaired) electrons. The monoisotopic (exact) mass is 224 g/mol. The third kappa shape index (κ3) is 1.19. The van der Waals surface area contributed by atoms with E-state index in [1.807, 2.05) is 0 Å². The first-order chi connectivity index (χ1) is 7.69. The summed E-state index contributed by atoms with van der Waals surface area (Å²) in [5.74, 6) is 0.263. The molecule has 0 unspecified atom stereocenters. The number of carbonyl (C=O) groups is 1. The molecule has 3 nitrogen and oxygen atoms in total. The van der Waals surface area contributed by atoms with E-state index in [-0.39, 0.29) is 5.41 Å². The molecule has 0 N–H and O–H groups in total. The van der Waals surface area contributed by atoms with Crippen LogP contribution in [0.25, 0.3) is 0 Å². The van der Waals surface area contributed by atoms with Crippen LogP contribution in [-0.4, -0.2) is 24.8 Å². The Hall–Kier alpha value is -0.410. The van der Waals surface area contributed by atoms with Gasteiger partial charge in [-0.3, -0.25) is 4.79 Å². The lowest BCUT2D eigenvalue weighted by atomic mass is 9.56. The quantitative estimate of drug-likeness (QED) is 0.633. The summed E-state index contributed by atoms with van der Waals surface area (Å²) in [4.78, 5) is 12.4. The van der Waals surface area contributed by atoms with Crippen molar-refractivity contribution < 1.29 is 14.3 Å². The fraction of sp³-hybridized carbons (Fsp3) is 0.923. The zero-order valence-electron chi connectivity index (χ0n) is 9.96. The number of rotatable bonds is 0. The van der Waals surface area contributed by atoms with Crippen LogP contribution >= 0.6 is 0 Å². The van der Waals surface area contributed by atoms with E-state index in [9.17, 15) is 4.79 Å².